The van der Waals surface area contributed by atoms with Crippen molar-refractivity contribution in [3.05, 3.63) is 70.9 Å². The number of aryl methyl sites for hydroxylation is 2. The van der Waals surface area contributed by atoms with E-state index in [9.17, 15) is 13.2 Å². The Kier molecular flexibility index (Phi) is 6.24. The molecule has 1 aromatic carbocycles. The summed E-state index contributed by atoms with van der Waals surface area (Å²) >= 11 is 2.63. The Morgan fingerprint density at radius 2 is 1.97 bits per heavy atom. The Morgan fingerprint density at radius 1 is 1.18 bits per heavy atom. The van der Waals surface area contributed by atoms with Crippen LogP contribution in [0.15, 0.2) is 58.4 Å². The van der Waals surface area contributed by atoms with Crippen molar-refractivity contribution in [1.82, 2.24) is 14.3 Å². The Hall–Kier alpha value is -2.66. The lowest BCUT2D eigenvalue weighted by Crippen LogP contribution is -2.47. The van der Waals surface area contributed by atoms with Gasteiger partial charge in [0.2, 0.25) is 5.91 Å². The molecular formula is C24H24N4O3S3. The number of pyridine rings is 1. The molecule has 4 heterocycles. The van der Waals surface area contributed by atoms with Gasteiger partial charge < -0.3 is 0 Å². The number of nitrogens with zero attached hydrogens (tertiary/aromatic N) is 4. The number of hydrogen-bond acceptors (Lipinski definition) is 7. The number of rotatable bonds is 6. The summed E-state index contributed by atoms with van der Waals surface area (Å²) in [5, 5.41) is 2.31. The van der Waals surface area contributed by atoms with E-state index in [1.54, 1.807) is 34.8 Å². The van der Waals surface area contributed by atoms with E-state index in [1.165, 1.54) is 27.0 Å². The molecule has 1 amide bonds. The molecule has 1 fully saturated rings. The number of aromatic nitrogens is 2. The molecule has 1 saturated heterocycles. The molecule has 0 bridgehead atoms. The van der Waals surface area contributed by atoms with Crippen molar-refractivity contribution in [3.63, 3.8) is 0 Å². The highest BCUT2D eigenvalue weighted by molar-refractivity contribution is 7.91. The number of sulfonamides is 1. The quantitative estimate of drug-likeness (QED) is 0.372. The molecule has 4 aromatic rings. The molecule has 34 heavy (non-hydrogen) atoms. The first-order chi connectivity index (χ1) is 16.4. The third-order valence-electron chi connectivity index (χ3n) is 6.21. The fourth-order valence-corrected chi connectivity index (χ4v) is 8.02. The van der Waals surface area contributed by atoms with E-state index in [0.29, 0.717) is 31.1 Å². The largest absolute Gasteiger partial charge is 0.282 e. The fraction of sp³-hybridized carbons (Fsp3) is 0.292. The highest BCUT2D eigenvalue weighted by Crippen LogP contribution is 2.35. The van der Waals surface area contributed by atoms with E-state index in [4.69, 9.17) is 4.98 Å². The van der Waals surface area contributed by atoms with Crippen molar-refractivity contribution in [2.45, 2.75) is 43.5 Å². The van der Waals surface area contributed by atoms with E-state index in [0.717, 1.165) is 26.9 Å². The zero-order valence-corrected chi connectivity index (χ0v) is 21.3. The number of carbonyl (C=O) groups excluding carboxylic acids is 1. The van der Waals surface area contributed by atoms with Gasteiger partial charge in [0.25, 0.3) is 10.0 Å². The molecule has 10 heteroatoms. The van der Waals surface area contributed by atoms with Crippen LogP contribution < -0.4 is 4.90 Å². The summed E-state index contributed by atoms with van der Waals surface area (Å²) in [5.41, 5.74) is 4.00. The Labute approximate surface area is 206 Å². The highest BCUT2D eigenvalue weighted by atomic mass is 32.2. The molecule has 1 aliphatic heterocycles. The molecule has 0 saturated carbocycles. The number of anilines is 1. The van der Waals surface area contributed by atoms with Gasteiger partial charge in [0.15, 0.2) is 5.13 Å². The molecule has 176 valence electrons. The number of thiophene rings is 1. The number of benzene rings is 1. The third-order valence-corrected chi connectivity index (χ3v) is 10.5. The van der Waals surface area contributed by atoms with E-state index in [1.807, 2.05) is 32.0 Å². The average molecular weight is 513 g/mol. The molecule has 3 aromatic heterocycles. The Morgan fingerprint density at radius 3 is 2.71 bits per heavy atom. The third kappa shape index (κ3) is 4.15. The minimum Gasteiger partial charge on any atom is -0.282 e. The number of hydrogen-bond donors (Lipinski definition) is 0. The second-order valence-electron chi connectivity index (χ2n) is 8.34. The molecular weight excluding hydrogens is 488 g/mol. The highest BCUT2D eigenvalue weighted by Gasteiger charge is 2.42. The number of carbonyl (C=O) groups is 1. The van der Waals surface area contributed by atoms with Crippen molar-refractivity contribution in [3.8, 4) is 0 Å². The molecule has 1 unspecified atom stereocenters. The normalized spacial score (nSPS) is 16.8. The lowest BCUT2D eigenvalue weighted by atomic mass is 10.1. The molecule has 1 aliphatic rings. The van der Waals surface area contributed by atoms with Gasteiger partial charge in [-0.1, -0.05) is 23.5 Å². The fourth-order valence-electron chi connectivity index (χ4n) is 4.22. The van der Waals surface area contributed by atoms with Crippen LogP contribution in [0.2, 0.25) is 0 Å². The van der Waals surface area contributed by atoms with Crippen LogP contribution in [0.5, 0.6) is 0 Å². The van der Waals surface area contributed by atoms with Gasteiger partial charge in [0, 0.05) is 18.9 Å². The van der Waals surface area contributed by atoms with Gasteiger partial charge in [0.1, 0.15) is 10.3 Å². The van der Waals surface area contributed by atoms with Gasteiger partial charge in [-0.2, -0.15) is 4.31 Å². The first kappa shape index (κ1) is 23.1. The van der Waals surface area contributed by atoms with E-state index >= 15 is 0 Å². The maximum Gasteiger partial charge on any atom is 0.253 e. The average Bonchev–Trinajstić information content (AvgIpc) is 3.61. The summed E-state index contributed by atoms with van der Waals surface area (Å²) in [6, 6.07) is 10.3. The van der Waals surface area contributed by atoms with Gasteiger partial charge in [0.05, 0.1) is 16.8 Å². The van der Waals surface area contributed by atoms with Crippen molar-refractivity contribution in [2.24, 2.45) is 0 Å². The lowest BCUT2D eigenvalue weighted by Gasteiger charge is -2.28. The molecule has 1 atom stereocenters. The zero-order chi connectivity index (χ0) is 23.9. The molecule has 0 radical (unpaired) electrons. The van der Waals surface area contributed by atoms with Crippen molar-refractivity contribution in [1.29, 1.82) is 0 Å². The maximum atomic E-state index is 14.0. The summed E-state index contributed by atoms with van der Waals surface area (Å²) in [5.74, 6) is -0.247. The van der Waals surface area contributed by atoms with Crippen LogP contribution in [0.4, 0.5) is 5.13 Å². The van der Waals surface area contributed by atoms with Crippen LogP contribution in [0, 0.1) is 13.8 Å². The van der Waals surface area contributed by atoms with E-state index in [2.05, 4.69) is 11.1 Å². The van der Waals surface area contributed by atoms with Gasteiger partial charge in [-0.3, -0.25) is 14.7 Å². The topological polar surface area (TPSA) is 83.5 Å². The smallest absolute Gasteiger partial charge is 0.253 e. The monoisotopic (exact) mass is 512 g/mol. The van der Waals surface area contributed by atoms with E-state index < -0.39 is 16.1 Å². The summed E-state index contributed by atoms with van der Waals surface area (Å²) < 4.78 is 29.2. The van der Waals surface area contributed by atoms with Gasteiger partial charge in [-0.15, -0.1) is 11.3 Å². The van der Waals surface area contributed by atoms with Crippen LogP contribution in [0.1, 0.15) is 29.5 Å². The summed E-state index contributed by atoms with van der Waals surface area (Å²) in [6.07, 6.45) is 4.50. The Balaban J connectivity index is 1.55. The standard InChI is InChI=1S/C24H24N4O3S3/c1-16-7-8-20-22(17(16)2)26-24(33-20)27(15-18-9-11-25-12-10-18)23(29)19-5-3-13-28(19)34(30,31)21-6-4-14-32-21/h4,6-12,14,19H,3,5,13,15H2,1-2H3. The van der Waals surface area contributed by atoms with E-state index in [-0.39, 0.29) is 10.1 Å². The van der Waals surface area contributed by atoms with Crippen LogP contribution in [0.3, 0.4) is 0 Å². The van der Waals surface area contributed by atoms with Crippen LogP contribution in [-0.4, -0.2) is 41.2 Å². The minimum absolute atomic E-state index is 0.247. The summed E-state index contributed by atoms with van der Waals surface area (Å²) in [7, 11) is -3.74. The zero-order valence-electron chi connectivity index (χ0n) is 18.8. The molecule has 0 N–H and O–H groups in total. The minimum atomic E-state index is -3.74. The van der Waals surface area contributed by atoms with Crippen molar-refractivity contribution < 1.29 is 13.2 Å². The van der Waals surface area contributed by atoms with Crippen LogP contribution >= 0.6 is 22.7 Å². The number of thiazole rings is 1. The second-order valence-corrected chi connectivity index (χ2v) is 12.4. The molecule has 7 nitrogen and oxygen atoms in total. The second kappa shape index (κ2) is 9.18. The molecule has 0 aliphatic carbocycles. The SMILES string of the molecule is Cc1ccc2sc(N(Cc3ccncc3)C(=O)C3CCCN3S(=O)(=O)c3cccs3)nc2c1C. The van der Waals surface area contributed by atoms with Gasteiger partial charge in [-0.05, 0) is 73.0 Å². The number of fused-ring (bicyclic) bond motifs is 1. The maximum absolute atomic E-state index is 14.0. The van der Waals surface area contributed by atoms with Crippen molar-refractivity contribution >= 4 is 54.0 Å². The number of amides is 1. The van der Waals surface area contributed by atoms with Crippen LogP contribution in [-0.2, 0) is 21.4 Å². The lowest BCUT2D eigenvalue weighted by molar-refractivity contribution is -0.121. The Bertz CT molecular complexity index is 1430. The predicted octanol–water partition coefficient (Wildman–Crippen LogP) is 4.76. The van der Waals surface area contributed by atoms with Crippen molar-refractivity contribution in [2.75, 3.05) is 11.4 Å². The van der Waals surface area contributed by atoms with Gasteiger partial charge >= 0.3 is 0 Å². The summed E-state index contributed by atoms with van der Waals surface area (Å²) in [4.78, 5) is 24.5. The molecule has 0 spiro atoms. The van der Waals surface area contributed by atoms with Gasteiger partial charge in [-0.25, -0.2) is 13.4 Å². The first-order valence-electron chi connectivity index (χ1n) is 11.0. The summed E-state index contributed by atoms with van der Waals surface area (Å²) in [6.45, 7) is 4.70. The molecule has 5 rings (SSSR count). The van der Waals surface area contributed by atoms with Crippen LogP contribution in [0.25, 0.3) is 10.2 Å². The predicted molar refractivity (Wildman–Crippen MR) is 136 cm³/mol. The first-order valence-corrected chi connectivity index (χ1v) is 14.1.